The van der Waals surface area contributed by atoms with Gasteiger partial charge in [0.2, 0.25) is 0 Å². The van der Waals surface area contributed by atoms with Crippen LogP contribution in [0.1, 0.15) is 5.69 Å². The number of hydrogen-bond acceptors (Lipinski definition) is 2. The van der Waals surface area contributed by atoms with E-state index in [1.54, 1.807) is 6.20 Å². The van der Waals surface area contributed by atoms with Gasteiger partial charge in [0.25, 0.3) is 0 Å². The van der Waals surface area contributed by atoms with Crippen molar-refractivity contribution in [3.05, 3.63) is 108 Å². The molecule has 0 saturated carbocycles. The van der Waals surface area contributed by atoms with Crippen molar-refractivity contribution in [2.75, 3.05) is 0 Å². The van der Waals surface area contributed by atoms with Crippen LogP contribution in [0.3, 0.4) is 0 Å². The zero-order valence-corrected chi connectivity index (χ0v) is 15.4. The predicted octanol–water partition coefficient (Wildman–Crippen LogP) is 6.45. The van der Waals surface area contributed by atoms with E-state index in [1.807, 2.05) is 84.9 Å². The van der Waals surface area contributed by atoms with E-state index in [0.717, 1.165) is 38.7 Å². The molecule has 2 nitrogen and oxygen atoms in total. The summed E-state index contributed by atoms with van der Waals surface area (Å²) < 4.78 is 5.97. The molecule has 0 aliphatic heterocycles. The van der Waals surface area contributed by atoms with Gasteiger partial charge < -0.3 is 4.74 Å². The van der Waals surface area contributed by atoms with E-state index in [0.29, 0.717) is 6.61 Å². The highest BCUT2D eigenvalue weighted by Crippen LogP contribution is 2.26. The Hall–Kier alpha value is -3.10. The van der Waals surface area contributed by atoms with Crippen LogP contribution in [-0.4, -0.2) is 4.98 Å². The van der Waals surface area contributed by atoms with E-state index in [9.17, 15) is 0 Å². The summed E-state index contributed by atoms with van der Waals surface area (Å²) in [5.74, 6) is 0.808. The lowest BCUT2D eigenvalue weighted by atomic mass is 10.0. The van der Waals surface area contributed by atoms with Gasteiger partial charge in [0.1, 0.15) is 12.4 Å². The molecule has 1 heterocycles. The Morgan fingerprint density at radius 3 is 2.33 bits per heavy atom. The third-order valence-electron chi connectivity index (χ3n) is 4.30. The number of rotatable bonds is 5. The summed E-state index contributed by atoms with van der Waals surface area (Å²) >= 11 is 5.99. The zero-order chi connectivity index (χ0) is 18.5. The van der Waals surface area contributed by atoms with Gasteiger partial charge >= 0.3 is 0 Å². The monoisotopic (exact) mass is 370 g/mol. The fourth-order valence-electron chi connectivity index (χ4n) is 2.90. The molecule has 0 atom stereocenters. The van der Waals surface area contributed by atoms with Crippen LogP contribution >= 0.6 is 11.6 Å². The van der Waals surface area contributed by atoms with E-state index >= 15 is 0 Å². The Kier molecular flexibility index (Phi) is 5.17. The van der Waals surface area contributed by atoms with Crippen LogP contribution in [0, 0.1) is 6.07 Å². The molecule has 0 saturated heterocycles. The minimum Gasteiger partial charge on any atom is -0.487 e. The minimum absolute atomic E-state index is 0.398. The molecule has 27 heavy (non-hydrogen) atoms. The number of halogens is 1. The molecule has 0 fully saturated rings. The van der Waals surface area contributed by atoms with Gasteiger partial charge in [-0.2, -0.15) is 0 Å². The molecular weight excluding hydrogens is 354 g/mol. The van der Waals surface area contributed by atoms with Crippen LogP contribution in [-0.2, 0) is 6.61 Å². The smallest absolute Gasteiger partial charge is 0.131 e. The average Bonchev–Trinajstić information content (AvgIpc) is 2.74. The van der Waals surface area contributed by atoms with Crippen LogP contribution < -0.4 is 4.74 Å². The summed E-state index contributed by atoms with van der Waals surface area (Å²) in [5, 5.41) is 0.719. The molecule has 0 aliphatic carbocycles. The molecule has 4 aromatic rings. The van der Waals surface area contributed by atoms with Gasteiger partial charge in [-0.15, -0.1) is 0 Å². The first-order valence-corrected chi connectivity index (χ1v) is 9.07. The van der Waals surface area contributed by atoms with Gasteiger partial charge in [0, 0.05) is 16.8 Å². The first-order chi connectivity index (χ1) is 13.3. The molecule has 0 N–H and O–H groups in total. The number of hydrogen-bond donors (Lipinski definition) is 0. The lowest BCUT2D eigenvalue weighted by Gasteiger charge is -2.11. The zero-order valence-electron chi connectivity index (χ0n) is 14.6. The summed E-state index contributed by atoms with van der Waals surface area (Å²) in [6.07, 6.45) is 1.78. The number of nitrogens with zero attached hydrogens (tertiary/aromatic N) is 1. The normalized spacial score (nSPS) is 10.6. The molecule has 3 aromatic carbocycles. The van der Waals surface area contributed by atoms with Crippen LogP contribution in [0.25, 0.3) is 22.3 Å². The second kappa shape index (κ2) is 8.07. The minimum atomic E-state index is 0.398. The summed E-state index contributed by atoms with van der Waals surface area (Å²) in [4.78, 5) is 4.49. The van der Waals surface area contributed by atoms with Gasteiger partial charge in [0.15, 0.2) is 0 Å². The van der Waals surface area contributed by atoms with Gasteiger partial charge in [-0.05, 0) is 53.1 Å². The van der Waals surface area contributed by atoms with Crippen molar-refractivity contribution in [1.29, 1.82) is 0 Å². The Morgan fingerprint density at radius 1 is 0.815 bits per heavy atom. The quantitative estimate of drug-likeness (QED) is 0.403. The van der Waals surface area contributed by atoms with Gasteiger partial charge in [-0.3, -0.25) is 4.98 Å². The third kappa shape index (κ3) is 4.18. The third-order valence-corrected chi connectivity index (χ3v) is 4.55. The highest BCUT2D eigenvalue weighted by Gasteiger charge is 2.07. The lowest BCUT2D eigenvalue weighted by Crippen LogP contribution is -2.00. The molecule has 131 valence electrons. The molecular formula is C24H17ClNO. The maximum Gasteiger partial charge on any atom is 0.131 e. The largest absolute Gasteiger partial charge is 0.487 e. The van der Waals surface area contributed by atoms with Crippen molar-refractivity contribution in [2.45, 2.75) is 6.61 Å². The summed E-state index contributed by atoms with van der Waals surface area (Å²) in [6, 6.07) is 30.9. The first kappa shape index (κ1) is 17.3. The standard InChI is InChI=1S/C24H17ClNO/c25-21-12-8-20(9-13-21)23-7-4-16-26-24(23)17-27-22-14-10-19(11-15-22)18-5-2-1-3-6-18/h1-5,7-16H,17H2. The van der Waals surface area contributed by atoms with Crippen molar-refractivity contribution in [1.82, 2.24) is 4.98 Å². The van der Waals surface area contributed by atoms with Crippen LogP contribution in [0.5, 0.6) is 5.75 Å². The maximum atomic E-state index is 5.99. The lowest BCUT2D eigenvalue weighted by molar-refractivity contribution is 0.302. The predicted molar refractivity (Wildman–Crippen MR) is 110 cm³/mol. The van der Waals surface area contributed by atoms with Gasteiger partial charge in [0.05, 0.1) is 5.69 Å². The second-order valence-corrected chi connectivity index (χ2v) is 6.53. The van der Waals surface area contributed by atoms with E-state index in [-0.39, 0.29) is 0 Å². The molecule has 0 bridgehead atoms. The molecule has 0 aliphatic rings. The van der Waals surface area contributed by atoms with E-state index < -0.39 is 0 Å². The van der Waals surface area contributed by atoms with E-state index in [4.69, 9.17) is 16.3 Å². The van der Waals surface area contributed by atoms with E-state index in [1.165, 1.54) is 0 Å². The number of pyridine rings is 1. The Morgan fingerprint density at radius 2 is 1.59 bits per heavy atom. The Balaban J connectivity index is 1.50. The van der Waals surface area contributed by atoms with Crippen molar-refractivity contribution in [2.24, 2.45) is 0 Å². The summed E-state index contributed by atoms with van der Waals surface area (Å²) in [7, 11) is 0. The van der Waals surface area contributed by atoms with Crippen LogP contribution in [0.4, 0.5) is 0 Å². The van der Waals surface area contributed by atoms with Gasteiger partial charge in [-0.1, -0.05) is 66.2 Å². The fraction of sp³-hybridized carbons (Fsp3) is 0.0417. The summed E-state index contributed by atoms with van der Waals surface area (Å²) in [5.41, 5.74) is 5.19. The van der Waals surface area contributed by atoms with Crippen molar-refractivity contribution >= 4 is 11.6 Å². The first-order valence-electron chi connectivity index (χ1n) is 8.69. The number of benzene rings is 3. The van der Waals surface area contributed by atoms with Crippen LogP contribution in [0.2, 0.25) is 5.02 Å². The highest BCUT2D eigenvalue weighted by atomic mass is 35.5. The Bertz CT molecular complexity index is 1010. The molecule has 4 rings (SSSR count). The van der Waals surface area contributed by atoms with Crippen molar-refractivity contribution < 1.29 is 4.74 Å². The number of ether oxygens (including phenoxy) is 1. The van der Waals surface area contributed by atoms with Crippen molar-refractivity contribution in [3.8, 4) is 28.0 Å². The summed E-state index contributed by atoms with van der Waals surface area (Å²) in [6.45, 7) is 0.398. The highest BCUT2D eigenvalue weighted by molar-refractivity contribution is 6.30. The maximum absolute atomic E-state index is 5.99. The van der Waals surface area contributed by atoms with Crippen molar-refractivity contribution in [3.63, 3.8) is 0 Å². The van der Waals surface area contributed by atoms with Crippen LogP contribution in [0.15, 0.2) is 91.1 Å². The molecule has 1 radical (unpaired) electrons. The number of aromatic nitrogens is 1. The van der Waals surface area contributed by atoms with E-state index in [2.05, 4.69) is 11.1 Å². The Labute approximate surface area is 164 Å². The molecule has 1 aromatic heterocycles. The fourth-order valence-corrected chi connectivity index (χ4v) is 3.03. The molecule has 0 amide bonds. The molecule has 0 spiro atoms. The second-order valence-electron chi connectivity index (χ2n) is 6.09. The van der Waals surface area contributed by atoms with Gasteiger partial charge in [-0.25, -0.2) is 0 Å². The average molecular weight is 371 g/mol. The topological polar surface area (TPSA) is 22.1 Å². The SMILES string of the molecule is Clc1ccc(-c2cccnc2COc2ccc(-c3[c]cccc3)cc2)cc1. The molecule has 0 unspecified atom stereocenters. The molecule has 3 heteroatoms.